The number of piperidine rings is 1. The molecule has 0 amide bonds. The van der Waals surface area contributed by atoms with E-state index in [0.717, 1.165) is 37.6 Å². The highest BCUT2D eigenvalue weighted by molar-refractivity contribution is 5.48. The Kier molecular flexibility index (Phi) is 4.66. The topological polar surface area (TPSA) is 33.7 Å². The van der Waals surface area contributed by atoms with Crippen LogP contribution in [0.4, 0.5) is 0 Å². The van der Waals surface area contributed by atoms with E-state index in [1.807, 2.05) is 6.07 Å². The van der Waals surface area contributed by atoms with Crippen LogP contribution in [0.15, 0.2) is 18.2 Å². The third-order valence-corrected chi connectivity index (χ3v) is 4.54. The molecule has 2 aliphatic rings. The van der Waals surface area contributed by atoms with Crippen LogP contribution in [-0.2, 0) is 0 Å². The zero-order chi connectivity index (χ0) is 14.7. The third kappa shape index (κ3) is 3.33. The molecule has 1 aromatic rings. The number of likely N-dealkylation sites (N-methyl/N-ethyl adjacent to an activating group) is 1. The lowest BCUT2D eigenvalue weighted by atomic mass is 9.96. The fraction of sp³-hybridized carbons (Fsp3) is 0.647. The number of hydrogen-bond donors (Lipinski definition) is 1. The Morgan fingerprint density at radius 2 is 2.14 bits per heavy atom. The normalized spacial score (nSPS) is 26.8. The van der Waals surface area contributed by atoms with Gasteiger partial charge in [-0.2, -0.15) is 0 Å². The van der Waals surface area contributed by atoms with E-state index in [0.29, 0.717) is 6.04 Å². The third-order valence-electron chi connectivity index (χ3n) is 4.54. The fourth-order valence-corrected chi connectivity index (χ4v) is 3.41. The Hall–Kier alpha value is -1.26. The fourth-order valence-electron chi connectivity index (χ4n) is 3.41. The standard InChI is InChI=1S/C17H26N2O2/c1-19-11-9-13(12-19)21-16-8-5-6-14(17(16)20-2)15-7-3-4-10-18-15/h5-6,8,13,15,18H,3-4,7,9-12H2,1-2H3. The van der Waals surface area contributed by atoms with Crippen molar-refractivity contribution < 1.29 is 9.47 Å². The molecule has 0 spiro atoms. The van der Waals surface area contributed by atoms with Crippen molar-refractivity contribution >= 4 is 0 Å². The average Bonchev–Trinajstić information content (AvgIpc) is 2.93. The SMILES string of the molecule is COc1c(OC2CCN(C)C2)cccc1C1CCCCN1. The molecular formula is C17H26N2O2. The van der Waals surface area contributed by atoms with Crippen molar-refractivity contribution in [2.75, 3.05) is 33.8 Å². The van der Waals surface area contributed by atoms with E-state index in [9.17, 15) is 0 Å². The van der Waals surface area contributed by atoms with Crippen molar-refractivity contribution in [1.29, 1.82) is 0 Å². The van der Waals surface area contributed by atoms with Crippen LogP contribution in [0.5, 0.6) is 11.5 Å². The number of likely N-dealkylation sites (tertiary alicyclic amines) is 1. The molecule has 0 aromatic heterocycles. The maximum atomic E-state index is 6.20. The molecule has 2 heterocycles. The van der Waals surface area contributed by atoms with E-state index in [1.165, 1.54) is 24.8 Å². The molecule has 0 radical (unpaired) electrons. The zero-order valence-electron chi connectivity index (χ0n) is 13.1. The summed E-state index contributed by atoms with van der Waals surface area (Å²) in [5.74, 6) is 1.80. The van der Waals surface area contributed by atoms with Crippen molar-refractivity contribution in [3.05, 3.63) is 23.8 Å². The summed E-state index contributed by atoms with van der Waals surface area (Å²) in [6.07, 6.45) is 5.08. The van der Waals surface area contributed by atoms with Crippen LogP contribution in [0.2, 0.25) is 0 Å². The maximum absolute atomic E-state index is 6.20. The molecule has 1 aromatic carbocycles. The molecule has 2 aliphatic heterocycles. The Labute approximate surface area is 127 Å². The Morgan fingerprint density at radius 1 is 1.24 bits per heavy atom. The van der Waals surface area contributed by atoms with Gasteiger partial charge in [-0.1, -0.05) is 18.6 Å². The molecule has 2 atom stereocenters. The molecular weight excluding hydrogens is 264 g/mol. The molecule has 0 aliphatic carbocycles. The van der Waals surface area contributed by atoms with Gasteiger partial charge in [0, 0.05) is 24.7 Å². The summed E-state index contributed by atoms with van der Waals surface area (Å²) < 4.78 is 11.9. The minimum atomic E-state index is 0.276. The Morgan fingerprint density at radius 3 is 2.81 bits per heavy atom. The molecule has 3 rings (SSSR count). The first-order valence-electron chi connectivity index (χ1n) is 8.03. The smallest absolute Gasteiger partial charge is 0.165 e. The Balaban J connectivity index is 1.79. The lowest BCUT2D eigenvalue weighted by Crippen LogP contribution is -2.27. The summed E-state index contributed by atoms with van der Waals surface area (Å²) in [5.41, 5.74) is 1.24. The number of nitrogens with zero attached hydrogens (tertiary/aromatic N) is 1. The number of ether oxygens (including phenoxy) is 2. The van der Waals surface area contributed by atoms with Crippen LogP contribution in [0, 0.1) is 0 Å². The number of methoxy groups -OCH3 is 1. The van der Waals surface area contributed by atoms with Crippen LogP contribution in [-0.4, -0.2) is 44.8 Å². The van der Waals surface area contributed by atoms with Crippen LogP contribution >= 0.6 is 0 Å². The summed E-state index contributed by atoms with van der Waals surface area (Å²) in [6.45, 7) is 3.19. The first kappa shape index (κ1) is 14.7. The second-order valence-electron chi connectivity index (χ2n) is 6.17. The molecule has 2 saturated heterocycles. The quantitative estimate of drug-likeness (QED) is 0.924. The number of para-hydroxylation sites is 1. The van der Waals surface area contributed by atoms with Crippen molar-refractivity contribution in [2.45, 2.75) is 37.8 Å². The summed E-state index contributed by atoms with van der Waals surface area (Å²) in [6, 6.07) is 6.67. The molecule has 2 fully saturated rings. The van der Waals surface area contributed by atoms with Gasteiger partial charge in [-0.05, 0) is 38.9 Å². The second kappa shape index (κ2) is 6.67. The predicted octanol–water partition coefficient (Wildman–Crippen LogP) is 2.59. The van der Waals surface area contributed by atoms with Gasteiger partial charge in [-0.15, -0.1) is 0 Å². The number of nitrogens with one attached hydrogen (secondary N) is 1. The van der Waals surface area contributed by atoms with Crippen molar-refractivity contribution in [3.8, 4) is 11.5 Å². The molecule has 4 heteroatoms. The summed E-state index contributed by atoms with van der Waals surface area (Å²) in [7, 11) is 3.89. The van der Waals surface area contributed by atoms with Gasteiger partial charge in [0.15, 0.2) is 11.5 Å². The van der Waals surface area contributed by atoms with Gasteiger partial charge in [0.25, 0.3) is 0 Å². The minimum absolute atomic E-state index is 0.276. The van der Waals surface area contributed by atoms with Gasteiger partial charge < -0.3 is 19.7 Å². The van der Waals surface area contributed by atoms with Crippen LogP contribution in [0.3, 0.4) is 0 Å². The van der Waals surface area contributed by atoms with Gasteiger partial charge in [0.2, 0.25) is 0 Å². The number of rotatable bonds is 4. The van der Waals surface area contributed by atoms with Crippen molar-refractivity contribution in [2.24, 2.45) is 0 Å². The second-order valence-corrected chi connectivity index (χ2v) is 6.17. The summed E-state index contributed by atoms with van der Waals surface area (Å²) >= 11 is 0. The van der Waals surface area contributed by atoms with Gasteiger partial charge in [0.1, 0.15) is 6.10 Å². The molecule has 4 nitrogen and oxygen atoms in total. The van der Waals surface area contributed by atoms with E-state index >= 15 is 0 Å². The van der Waals surface area contributed by atoms with Crippen LogP contribution in [0.25, 0.3) is 0 Å². The average molecular weight is 290 g/mol. The van der Waals surface area contributed by atoms with E-state index < -0.39 is 0 Å². The first-order chi connectivity index (χ1) is 10.3. The zero-order valence-corrected chi connectivity index (χ0v) is 13.1. The largest absolute Gasteiger partial charge is 0.493 e. The summed E-state index contributed by atoms with van der Waals surface area (Å²) in [5, 5.41) is 3.59. The number of hydrogen-bond acceptors (Lipinski definition) is 4. The highest BCUT2D eigenvalue weighted by Gasteiger charge is 2.25. The van der Waals surface area contributed by atoms with Gasteiger partial charge >= 0.3 is 0 Å². The van der Waals surface area contributed by atoms with Gasteiger partial charge in [-0.3, -0.25) is 0 Å². The molecule has 0 bridgehead atoms. The minimum Gasteiger partial charge on any atom is -0.493 e. The predicted molar refractivity (Wildman–Crippen MR) is 84.1 cm³/mol. The highest BCUT2D eigenvalue weighted by Crippen LogP contribution is 2.38. The molecule has 1 N–H and O–H groups in total. The van der Waals surface area contributed by atoms with Crippen molar-refractivity contribution in [3.63, 3.8) is 0 Å². The molecule has 21 heavy (non-hydrogen) atoms. The Bertz CT molecular complexity index is 472. The van der Waals surface area contributed by atoms with Crippen molar-refractivity contribution in [1.82, 2.24) is 10.2 Å². The van der Waals surface area contributed by atoms with Gasteiger partial charge in [-0.25, -0.2) is 0 Å². The van der Waals surface area contributed by atoms with E-state index in [1.54, 1.807) is 7.11 Å². The van der Waals surface area contributed by atoms with E-state index in [4.69, 9.17) is 9.47 Å². The lowest BCUT2D eigenvalue weighted by Gasteiger charge is -2.26. The highest BCUT2D eigenvalue weighted by atomic mass is 16.5. The summed E-state index contributed by atoms with van der Waals surface area (Å²) in [4.78, 5) is 2.31. The van der Waals surface area contributed by atoms with E-state index in [2.05, 4.69) is 29.4 Å². The van der Waals surface area contributed by atoms with E-state index in [-0.39, 0.29) is 6.10 Å². The molecule has 0 saturated carbocycles. The maximum Gasteiger partial charge on any atom is 0.165 e. The monoisotopic (exact) mass is 290 g/mol. The molecule has 2 unspecified atom stereocenters. The van der Waals surface area contributed by atoms with Crippen LogP contribution in [0.1, 0.15) is 37.3 Å². The molecule has 116 valence electrons. The van der Waals surface area contributed by atoms with Gasteiger partial charge in [0.05, 0.1) is 7.11 Å². The lowest BCUT2D eigenvalue weighted by molar-refractivity contribution is 0.198. The van der Waals surface area contributed by atoms with Crippen LogP contribution < -0.4 is 14.8 Å². The first-order valence-corrected chi connectivity index (χ1v) is 8.03. The number of benzene rings is 1.